The summed E-state index contributed by atoms with van der Waals surface area (Å²) in [6.07, 6.45) is 1.71. The number of hydrogen-bond acceptors (Lipinski definition) is 8. The molecule has 1 aliphatic heterocycles. The molecule has 2 aromatic heterocycles. The summed E-state index contributed by atoms with van der Waals surface area (Å²) in [5.74, 6) is 2.66. The molecule has 1 saturated heterocycles. The smallest absolute Gasteiger partial charge is 0.224 e. The van der Waals surface area contributed by atoms with E-state index in [1.165, 1.54) is 0 Å². The number of nitrogens with one attached hydrogen (secondary N) is 2. The van der Waals surface area contributed by atoms with Gasteiger partial charge in [-0.15, -0.1) is 0 Å². The van der Waals surface area contributed by atoms with Gasteiger partial charge in [0.15, 0.2) is 5.82 Å². The zero-order chi connectivity index (χ0) is 15.2. The van der Waals surface area contributed by atoms with Crippen LogP contribution in [-0.4, -0.2) is 59.4 Å². The molecule has 3 rings (SSSR count). The van der Waals surface area contributed by atoms with Crippen molar-refractivity contribution < 1.29 is 9.26 Å². The van der Waals surface area contributed by atoms with Gasteiger partial charge in [0.1, 0.15) is 11.6 Å². The number of ether oxygens (including phenoxy) is 1. The highest BCUT2D eigenvalue weighted by molar-refractivity contribution is 5.52. The maximum atomic E-state index is 5.33. The van der Waals surface area contributed by atoms with Gasteiger partial charge in [-0.2, -0.15) is 4.98 Å². The standard InChI is InChI=1S/C14H20N6O2/c1-11-10-13(19-22-11)17-12-2-3-15-14(18-12)16-4-5-20-6-8-21-9-7-20/h2-3,10H,4-9H2,1H3,(H2,15,16,17,18,19). The summed E-state index contributed by atoms with van der Waals surface area (Å²) < 4.78 is 10.3. The molecule has 0 spiro atoms. The number of nitrogens with zero attached hydrogens (tertiary/aromatic N) is 4. The van der Waals surface area contributed by atoms with E-state index in [0.29, 0.717) is 17.6 Å². The van der Waals surface area contributed by atoms with Crippen LogP contribution in [-0.2, 0) is 4.74 Å². The van der Waals surface area contributed by atoms with E-state index >= 15 is 0 Å². The minimum Gasteiger partial charge on any atom is -0.379 e. The Morgan fingerprint density at radius 2 is 2.14 bits per heavy atom. The summed E-state index contributed by atoms with van der Waals surface area (Å²) in [6.45, 7) is 7.18. The maximum absolute atomic E-state index is 5.33. The first-order valence-electron chi connectivity index (χ1n) is 7.37. The van der Waals surface area contributed by atoms with E-state index < -0.39 is 0 Å². The average Bonchev–Trinajstić information content (AvgIpc) is 2.94. The van der Waals surface area contributed by atoms with E-state index in [1.807, 2.05) is 13.0 Å². The van der Waals surface area contributed by atoms with E-state index in [0.717, 1.165) is 45.2 Å². The fraction of sp³-hybridized carbons (Fsp3) is 0.500. The summed E-state index contributed by atoms with van der Waals surface area (Å²) in [4.78, 5) is 11.0. The molecular formula is C14H20N6O2. The Morgan fingerprint density at radius 1 is 1.27 bits per heavy atom. The Hall–Kier alpha value is -2.19. The predicted molar refractivity (Wildman–Crippen MR) is 82.3 cm³/mol. The molecule has 0 radical (unpaired) electrons. The summed E-state index contributed by atoms with van der Waals surface area (Å²) in [5.41, 5.74) is 0. The van der Waals surface area contributed by atoms with Gasteiger partial charge in [0, 0.05) is 38.4 Å². The quantitative estimate of drug-likeness (QED) is 0.824. The lowest BCUT2D eigenvalue weighted by Crippen LogP contribution is -2.39. The second kappa shape index (κ2) is 7.19. The zero-order valence-electron chi connectivity index (χ0n) is 12.6. The molecule has 0 unspecified atom stereocenters. The maximum Gasteiger partial charge on any atom is 0.224 e. The first-order valence-corrected chi connectivity index (χ1v) is 7.37. The van der Waals surface area contributed by atoms with Crippen LogP contribution in [0.25, 0.3) is 0 Å². The molecule has 0 aromatic carbocycles. The highest BCUT2D eigenvalue weighted by Crippen LogP contribution is 2.14. The minimum atomic E-state index is 0.596. The fourth-order valence-corrected chi connectivity index (χ4v) is 2.22. The van der Waals surface area contributed by atoms with Gasteiger partial charge in [-0.3, -0.25) is 4.90 Å². The number of rotatable bonds is 6. The van der Waals surface area contributed by atoms with Crippen LogP contribution in [0.3, 0.4) is 0 Å². The van der Waals surface area contributed by atoms with Gasteiger partial charge in [0.05, 0.1) is 13.2 Å². The molecule has 8 heteroatoms. The number of morpholine rings is 1. The van der Waals surface area contributed by atoms with Crippen LogP contribution in [0.5, 0.6) is 0 Å². The summed E-state index contributed by atoms with van der Waals surface area (Å²) in [7, 11) is 0. The summed E-state index contributed by atoms with van der Waals surface area (Å²) in [5, 5.41) is 10.2. The van der Waals surface area contributed by atoms with Crippen molar-refractivity contribution in [3.05, 3.63) is 24.1 Å². The van der Waals surface area contributed by atoms with Crippen molar-refractivity contribution in [3.63, 3.8) is 0 Å². The van der Waals surface area contributed by atoms with Crippen LogP contribution in [0.15, 0.2) is 22.9 Å². The number of anilines is 3. The molecule has 0 bridgehead atoms. The first-order chi connectivity index (χ1) is 10.8. The van der Waals surface area contributed by atoms with Crippen LogP contribution < -0.4 is 10.6 Å². The SMILES string of the molecule is Cc1cc(Nc2ccnc(NCCN3CCOCC3)n2)no1. The van der Waals surface area contributed by atoms with Crippen molar-refractivity contribution in [1.82, 2.24) is 20.0 Å². The van der Waals surface area contributed by atoms with E-state index in [-0.39, 0.29) is 0 Å². The third kappa shape index (κ3) is 4.15. The van der Waals surface area contributed by atoms with Crippen molar-refractivity contribution in [3.8, 4) is 0 Å². The Kier molecular flexibility index (Phi) is 4.81. The first kappa shape index (κ1) is 14.7. The lowest BCUT2D eigenvalue weighted by molar-refractivity contribution is 0.0398. The Labute approximate surface area is 128 Å². The fourth-order valence-electron chi connectivity index (χ4n) is 2.22. The van der Waals surface area contributed by atoms with Crippen LogP contribution in [0, 0.1) is 6.92 Å². The number of aromatic nitrogens is 3. The molecule has 118 valence electrons. The van der Waals surface area contributed by atoms with E-state index in [9.17, 15) is 0 Å². The highest BCUT2D eigenvalue weighted by Gasteiger charge is 2.09. The molecule has 8 nitrogen and oxygen atoms in total. The number of aryl methyl sites for hydroxylation is 1. The second-order valence-corrected chi connectivity index (χ2v) is 5.09. The van der Waals surface area contributed by atoms with E-state index in [1.54, 1.807) is 12.3 Å². The van der Waals surface area contributed by atoms with Gasteiger partial charge in [0.25, 0.3) is 0 Å². The Balaban J connectivity index is 1.50. The predicted octanol–water partition coefficient (Wildman–Crippen LogP) is 1.26. The normalized spacial score (nSPS) is 15.7. The van der Waals surface area contributed by atoms with Crippen molar-refractivity contribution in [2.24, 2.45) is 0 Å². The molecule has 0 aliphatic carbocycles. The van der Waals surface area contributed by atoms with E-state index in [4.69, 9.17) is 9.26 Å². The molecule has 2 N–H and O–H groups in total. The Bertz CT molecular complexity index is 597. The molecule has 22 heavy (non-hydrogen) atoms. The molecule has 1 fully saturated rings. The van der Waals surface area contributed by atoms with Gasteiger partial charge in [-0.05, 0) is 13.0 Å². The lowest BCUT2D eigenvalue weighted by Gasteiger charge is -2.26. The minimum absolute atomic E-state index is 0.596. The number of hydrogen-bond donors (Lipinski definition) is 2. The van der Waals surface area contributed by atoms with Gasteiger partial charge >= 0.3 is 0 Å². The molecule has 2 aromatic rings. The topological polar surface area (TPSA) is 88.3 Å². The largest absolute Gasteiger partial charge is 0.379 e. The monoisotopic (exact) mass is 304 g/mol. The van der Waals surface area contributed by atoms with Crippen LogP contribution in [0.4, 0.5) is 17.6 Å². The van der Waals surface area contributed by atoms with Gasteiger partial charge in [0.2, 0.25) is 5.95 Å². The molecular weight excluding hydrogens is 284 g/mol. The molecule has 0 amide bonds. The van der Waals surface area contributed by atoms with Crippen molar-refractivity contribution >= 4 is 17.6 Å². The molecule has 1 aliphatic rings. The third-order valence-electron chi connectivity index (χ3n) is 3.35. The highest BCUT2D eigenvalue weighted by atomic mass is 16.5. The zero-order valence-corrected chi connectivity index (χ0v) is 12.6. The van der Waals surface area contributed by atoms with Crippen molar-refractivity contribution in [2.75, 3.05) is 50.0 Å². The molecule has 0 atom stereocenters. The molecule has 3 heterocycles. The third-order valence-corrected chi connectivity index (χ3v) is 3.35. The molecule has 0 saturated carbocycles. The second-order valence-electron chi connectivity index (χ2n) is 5.09. The summed E-state index contributed by atoms with van der Waals surface area (Å²) in [6, 6.07) is 3.60. The average molecular weight is 304 g/mol. The summed E-state index contributed by atoms with van der Waals surface area (Å²) >= 11 is 0. The van der Waals surface area contributed by atoms with Crippen LogP contribution in [0.2, 0.25) is 0 Å². The van der Waals surface area contributed by atoms with E-state index in [2.05, 4.69) is 30.7 Å². The Morgan fingerprint density at radius 3 is 2.91 bits per heavy atom. The van der Waals surface area contributed by atoms with Gasteiger partial charge in [-0.25, -0.2) is 4.98 Å². The van der Waals surface area contributed by atoms with Crippen molar-refractivity contribution in [2.45, 2.75) is 6.92 Å². The van der Waals surface area contributed by atoms with Crippen molar-refractivity contribution in [1.29, 1.82) is 0 Å². The van der Waals surface area contributed by atoms with Crippen LogP contribution >= 0.6 is 0 Å². The van der Waals surface area contributed by atoms with Gasteiger partial charge in [-0.1, -0.05) is 5.16 Å². The lowest BCUT2D eigenvalue weighted by atomic mass is 10.4. The van der Waals surface area contributed by atoms with Crippen LogP contribution in [0.1, 0.15) is 5.76 Å². The van der Waals surface area contributed by atoms with Gasteiger partial charge < -0.3 is 19.9 Å².